The average Bonchev–Trinajstić information content (AvgIpc) is 3.50. The van der Waals surface area contributed by atoms with Gasteiger partial charge in [0.2, 0.25) is 0 Å². The summed E-state index contributed by atoms with van der Waals surface area (Å²) in [6.07, 6.45) is 0.923. The number of ether oxygens (including phenoxy) is 2. The molecule has 9 nitrogen and oxygen atoms in total. The lowest BCUT2D eigenvalue weighted by atomic mass is 10.2. The van der Waals surface area contributed by atoms with Crippen LogP contribution in [0.2, 0.25) is 5.02 Å². The zero-order valence-corrected chi connectivity index (χ0v) is 18.9. The molecule has 0 radical (unpaired) electrons. The van der Waals surface area contributed by atoms with Gasteiger partial charge in [-0.25, -0.2) is 9.48 Å². The van der Waals surface area contributed by atoms with Gasteiger partial charge in [-0.1, -0.05) is 23.7 Å². The van der Waals surface area contributed by atoms with Gasteiger partial charge in [-0.3, -0.25) is 10.1 Å². The zero-order valence-electron chi connectivity index (χ0n) is 18.2. The van der Waals surface area contributed by atoms with Crippen molar-refractivity contribution in [3.8, 4) is 17.1 Å². The van der Waals surface area contributed by atoms with Crippen molar-refractivity contribution >= 4 is 35.0 Å². The van der Waals surface area contributed by atoms with Crippen LogP contribution in [-0.2, 0) is 9.47 Å². The van der Waals surface area contributed by atoms with Gasteiger partial charge in [-0.2, -0.15) is 5.10 Å². The molecule has 4 aromatic rings. The predicted molar refractivity (Wildman–Crippen MR) is 128 cm³/mol. The minimum atomic E-state index is -0.621. The van der Waals surface area contributed by atoms with Crippen LogP contribution in [0.1, 0.15) is 10.5 Å². The number of carbonyl (C=O) groups is 2. The molecule has 0 unspecified atom stereocenters. The Balaban J connectivity index is 1.54. The molecule has 0 saturated carbocycles. The first-order valence-electron chi connectivity index (χ1n) is 10.3. The van der Waals surface area contributed by atoms with E-state index in [9.17, 15) is 9.59 Å². The number of amides is 2. The lowest BCUT2D eigenvalue weighted by Crippen LogP contribution is -2.17. The van der Waals surface area contributed by atoms with E-state index in [0.717, 1.165) is 0 Å². The van der Waals surface area contributed by atoms with Gasteiger partial charge in [0, 0.05) is 29.6 Å². The van der Waals surface area contributed by atoms with Crippen LogP contribution >= 0.6 is 11.6 Å². The van der Waals surface area contributed by atoms with Gasteiger partial charge in [0.15, 0.2) is 11.5 Å². The van der Waals surface area contributed by atoms with E-state index >= 15 is 0 Å². The third-order valence-corrected chi connectivity index (χ3v) is 4.89. The average molecular weight is 481 g/mol. The van der Waals surface area contributed by atoms with Crippen molar-refractivity contribution in [3.63, 3.8) is 0 Å². The number of anilines is 2. The summed E-state index contributed by atoms with van der Waals surface area (Å²) in [6.45, 7) is 0.428. The Kier molecular flexibility index (Phi) is 7.26. The molecule has 34 heavy (non-hydrogen) atoms. The number of furan rings is 1. The maximum Gasteiger partial charge on any atom is 0.411 e. The number of halogens is 1. The van der Waals surface area contributed by atoms with Crippen LogP contribution in [0.15, 0.2) is 77.4 Å². The summed E-state index contributed by atoms with van der Waals surface area (Å²) in [5, 5.41) is 10.4. The Morgan fingerprint density at radius 2 is 1.79 bits per heavy atom. The summed E-state index contributed by atoms with van der Waals surface area (Å²) in [4.78, 5) is 24.8. The number of aromatic nitrogens is 2. The normalized spacial score (nSPS) is 10.6. The molecule has 0 aliphatic heterocycles. The summed E-state index contributed by atoms with van der Waals surface area (Å²) in [5.41, 5.74) is 2.36. The molecule has 174 valence electrons. The molecule has 2 aromatic carbocycles. The molecule has 0 fully saturated rings. The number of rotatable bonds is 8. The molecule has 0 atom stereocenters. The molecule has 0 bridgehead atoms. The fraction of sp³-hybridized carbons (Fsp3) is 0.125. The lowest BCUT2D eigenvalue weighted by Gasteiger charge is -2.09. The van der Waals surface area contributed by atoms with E-state index in [0.29, 0.717) is 40.1 Å². The minimum Gasteiger partial charge on any atom is -0.463 e. The molecular formula is C24H21ClN4O5. The van der Waals surface area contributed by atoms with Crippen LogP contribution in [0.4, 0.5) is 16.2 Å². The zero-order chi connectivity index (χ0) is 23.9. The van der Waals surface area contributed by atoms with Crippen molar-refractivity contribution in [1.29, 1.82) is 0 Å². The Morgan fingerprint density at radius 3 is 2.53 bits per heavy atom. The Bertz CT molecular complexity index is 1290. The summed E-state index contributed by atoms with van der Waals surface area (Å²) < 4.78 is 16.9. The Hall–Kier alpha value is -4.08. The topological polar surface area (TPSA) is 108 Å². The number of hydrogen-bond donors (Lipinski definition) is 2. The molecular weight excluding hydrogens is 460 g/mol. The fourth-order valence-electron chi connectivity index (χ4n) is 3.14. The third-order valence-electron chi connectivity index (χ3n) is 4.66. The monoisotopic (exact) mass is 480 g/mol. The number of nitrogens with one attached hydrogen (secondary N) is 2. The number of nitrogens with zero attached hydrogens (tertiary/aromatic N) is 2. The molecule has 4 rings (SSSR count). The molecule has 0 saturated heterocycles. The summed E-state index contributed by atoms with van der Waals surface area (Å²) in [6, 6.07) is 18.9. The van der Waals surface area contributed by atoms with Crippen LogP contribution in [0.25, 0.3) is 17.1 Å². The molecule has 0 spiro atoms. The van der Waals surface area contributed by atoms with Crippen molar-refractivity contribution in [1.82, 2.24) is 9.78 Å². The van der Waals surface area contributed by atoms with Gasteiger partial charge >= 0.3 is 6.09 Å². The van der Waals surface area contributed by atoms with Gasteiger partial charge in [0.25, 0.3) is 5.91 Å². The van der Waals surface area contributed by atoms with Gasteiger partial charge in [0.1, 0.15) is 12.3 Å². The number of carbonyl (C=O) groups excluding carboxylic acids is 2. The fourth-order valence-corrected chi connectivity index (χ4v) is 3.32. The third kappa shape index (κ3) is 5.64. The first-order valence-corrected chi connectivity index (χ1v) is 10.7. The van der Waals surface area contributed by atoms with E-state index in [1.165, 1.54) is 7.11 Å². The molecule has 2 aromatic heterocycles. The Morgan fingerprint density at radius 1 is 1.00 bits per heavy atom. The SMILES string of the molecule is COCCOC(=O)Nc1cccc(NC(=O)c2cc(-c3ccco3)n(-c3cccc(Cl)c3)n2)c1. The van der Waals surface area contributed by atoms with Crippen LogP contribution in [0.5, 0.6) is 0 Å². The van der Waals surface area contributed by atoms with E-state index < -0.39 is 12.0 Å². The van der Waals surface area contributed by atoms with Crippen LogP contribution < -0.4 is 10.6 Å². The van der Waals surface area contributed by atoms with E-state index in [1.807, 2.05) is 6.07 Å². The highest BCUT2D eigenvalue weighted by atomic mass is 35.5. The lowest BCUT2D eigenvalue weighted by molar-refractivity contribution is 0.102. The van der Waals surface area contributed by atoms with Crippen LogP contribution in [0, 0.1) is 0 Å². The molecule has 2 amide bonds. The maximum absolute atomic E-state index is 13.0. The van der Waals surface area contributed by atoms with Crippen LogP contribution in [0.3, 0.4) is 0 Å². The smallest absolute Gasteiger partial charge is 0.411 e. The second kappa shape index (κ2) is 10.7. The van der Waals surface area contributed by atoms with Crippen molar-refractivity contribution in [2.45, 2.75) is 0 Å². The molecule has 0 aliphatic rings. The number of methoxy groups -OCH3 is 1. The minimum absolute atomic E-state index is 0.131. The van der Waals surface area contributed by atoms with Gasteiger partial charge in [-0.15, -0.1) is 0 Å². The van der Waals surface area contributed by atoms with Crippen LogP contribution in [-0.4, -0.2) is 42.1 Å². The quantitative estimate of drug-likeness (QED) is 0.334. The molecule has 0 aliphatic carbocycles. The summed E-state index contributed by atoms with van der Waals surface area (Å²) >= 11 is 6.15. The number of hydrogen-bond acceptors (Lipinski definition) is 6. The largest absolute Gasteiger partial charge is 0.463 e. The van der Waals surface area contributed by atoms with E-state index in [1.54, 1.807) is 71.6 Å². The molecule has 2 N–H and O–H groups in total. The maximum atomic E-state index is 13.0. The molecule has 2 heterocycles. The predicted octanol–water partition coefficient (Wildman–Crippen LogP) is 5.23. The first-order chi connectivity index (χ1) is 16.5. The van der Waals surface area contributed by atoms with Gasteiger partial charge in [-0.05, 0) is 48.5 Å². The van der Waals surface area contributed by atoms with Crippen molar-refractivity contribution in [2.75, 3.05) is 31.0 Å². The second-order valence-corrected chi connectivity index (χ2v) is 7.51. The summed E-state index contributed by atoms with van der Waals surface area (Å²) in [5.74, 6) is 0.109. The van der Waals surface area contributed by atoms with Crippen molar-refractivity contribution in [2.24, 2.45) is 0 Å². The highest BCUT2D eigenvalue weighted by Gasteiger charge is 2.19. The van der Waals surface area contributed by atoms with Gasteiger partial charge in [0.05, 0.1) is 18.6 Å². The van der Waals surface area contributed by atoms with Gasteiger partial charge < -0.3 is 19.2 Å². The standard InChI is InChI=1S/C24H21ClN4O5/c1-32-11-12-34-24(31)27-18-7-3-6-17(14-18)26-23(30)20-15-21(22-9-4-10-33-22)29(28-20)19-8-2-5-16(25)13-19/h2-10,13-15H,11-12H2,1H3,(H,26,30)(H,27,31). The van der Waals surface area contributed by atoms with Crippen molar-refractivity contribution in [3.05, 3.63) is 83.7 Å². The van der Waals surface area contributed by atoms with E-state index in [2.05, 4.69) is 15.7 Å². The summed E-state index contributed by atoms with van der Waals surface area (Å²) in [7, 11) is 1.52. The van der Waals surface area contributed by atoms with Crippen molar-refractivity contribution < 1.29 is 23.5 Å². The highest BCUT2D eigenvalue weighted by Crippen LogP contribution is 2.26. The van der Waals surface area contributed by atoms with E-state index in [-0.39, 0.29) is 12.3 Å². The molecule has 10 heteroatoms. The van der Waals surface area contributed by atoms with E-state index in [4.69, 9.17) is 25.5 Å². The highest BCUT2D eigenvalue weighted by molar-refractivity contribution is 6.30. The second-order valence-electron chi connectivity index (χ2n) is 7.07. The number of benzene rings is 2. The first kappa shape index (κ1) is 23.1. The Labute approximate surface area is 200 Å².